The lowest BCUT2D eigenvalue weighted by Crippen LogP contribution is -2.28. The zero-order valence-corrected chi connectivity index (χ0v) is 12.9. The Morgan fingerprint density at radius 2 is 2.05 bits per heavy atom. The van der Waals surface area contributed by atoms with E-state index in [9.17, 15) is 8.42 Å². The fourth-order valence-electron chi connectivity index (χ4n) is 1.92. The van der Waals surface area contributed by atoms with E-state index in [-0.39, 0.29) is 12.4 Å². The van der Waals surface area contributed by atoms with E-state index in [4.69, 9.17) is 15.4 Å². The summed E-state index contributed by atoms with van der Waals surface area (Å²) in [5.74, 6) is 0.532. The van der Waals surface area contributed by atoms with E-state index in [0.717, 1.165) is 10.9 Å². The van der Waals surface area contributed by atoms with Gasteiger partial charge in [0.05, 0.1) is 17.9 Å². The summed E-state index contributed by atoms with van der Waals surface area (Å²) in [5, 5.41) is 1.03. The van der Waals surface area contributed by atoms with Crippen LogP contribution in [0.15, 0.2) is 36.5 Å². The summed E-state index contributed by atoms with van der Waals surface area (Å²) >= 11 is 0. The van der Waals surface area contributed by atoms with Crippen LogP contribution in [0.4, 0.5) is 0 Å². The highest BCUT2D eigenvalue weighted by Gasteiger charge is 2.25. The molecule has 4 nitrogen and oxygen atoms in total. The summed E-state index contributed by atoms with van der Waals surface area (Å²) in [5.41, 5.74) is 0.285. The molecular formula is C14H16ClNO3S. The highest BCUT2D eigenvalue weighted by atomic mass is 35.7. The van der Waals surface area contributed by atoms with Crippen LogP contribution in [0.3, 0.4) is 0 Å². The lowest BCUT2D eigenvalue weighted by molar-refractivity contribution is 0.200. The van der Waals surface area contributed by atoms with Gasteiger partial charge in [-0.2, -0.15) is 0 Å². The number of nitrogens with zero attached hydrogens (tertiary/aromatic N) is 1. The molecular weight excluding hydrogens is 298 g/mol. The minimum atomic E-state index is -3.54. The molecule has 0 fully saturated rings. The number of rotatable bonds is 5. The SMILES string of the molecule is CC(C)(COc1ccc2cccnc2c1)CS(=O)(=O)Cl. The highest BCUT2D eigenvalue weighted by molar-refractivity contribution is 8.13. The Hall–Kier alpha value is -1.33. The summed E-state index contributed by atoms with van der Waals surface area (Å²) in [4.78, 5) is 4.25. The van der Waals surface area contributed by atoms with Crippen molar-refractivity contribution in [1.29, 1.82) is 0 Å². The fourth-order valence-corrected chi connectivity index (χ4v) is 3.83. The molecule has 0 saturated carbocycles. The van der Waals surface area contributed by atoms with Gasteiger partial charge in [0.25, 0.3) is 0 Å². The van der Waals surface area contributed by atoms with Crippen molar-refractivity contribution < 1.29 is 13.2 Å². The molecule has 1 aromatic carbocycles. The van der Waals surface area contributed by atoms with E-state index >= 15 is 0 Å². The van der Waals surface area contributed by atoms with Crippen LogP contribution in [0.25, 0.3) is 10.9 Å². The average Bonchev–Trinajstić information content (AvgIpc) is 2.33. The Balaban J connectivity index is 2.09. The second kappa shape index (κ2) is 5.58. The summed E-state index contributed by atoms with van der Waals surface area (Å²) in [6.45, 7) is 3.86. The third-order valence-electron chi connectivity index (χ3n) is 2.77. The van der Waals surface area contributed by atoms with Crippen molar-refractivity contribution in [3.05, 3.63) is 36.5 Å². The van der Waals surface area contributed by atoms with E-state index < -0.39 is 14.5 Å². The Morgan fingerprint density at radius 3 is 2.75 bits per heavy atom. The van der Waals surface area contributed by atoms with Gasteiger partial charge in [0.2, 0.25) is 9.05 Å². The first-order valence-corrected chi connectivity index (χ1v) is 8.63. The molecule has 0 aliphatic rings. The van der Waals surface area contributed by atoms with Crippen LogP contribution in [0.2, 0.25) is 0 Å². The van der Waals surface area contributed by atoms with E-state index in [1.165, 1.54) is 0 Å². The topological polar surface area (TPSA) is 56.3 Å². The molecule has 0 saturated heterocycles. The Labute approximate surface area is 123 Å². The van der Waals surface area contributed by atoms with Crippen LogP contribution >= 0.6 is 10.7 Å². The van der Waals surface area contributed by atoms with Crippen LogP contribution in [0.5, 0.6) is 5.75 Å². The first-order chi connectivity index (χ1) is 9.25. The maximum absolute atomic E-state index is 11.1. The first-order valence-electron chi connectivity index (χ1n) is 6.15. The third-order valence-corrected chi connectivity index (χ3v) is 4.22. The van der Waals surface area contributed by atoms with Gasteiger partial charge in [-0.15, -0.1) is 0 Å². The van der Waals surface area contributed by atoms with E-state index in [1.54, 1.807) is 20.0 Å². The van der Waals surface area contributed by atoms with Gasteiger partial charge < -0.3 is 4.74 Å². The summed E-state index contributed by atoms with van der Waals surface area (Å²) in [6, 6.07) is 9.44. The number of halogens is 1. The maximum Gasteiger partial charge on any atom is 0.233 e. The van der Waals surface area contributed by atoms with Gasteiger partial charge in [0.1, 0.15) is 5.75 Å². The number of fused-ring (bicyclic) bond motifs is 1. The molecule has 0 radical (unpaired) electrons. The smallest absolute Gasteiger partial charge is 0.233 e. The average molecular weight is 314 g/mol. The molecule has 1 aromatic heterocycles. The number of hydrogen-bond donors (Lipinski definition) is 0. The van der Waals surface area contributed by atoms with E-state index in [2.05, 4.69) is 4.98 Å². The Kier molecular flexibility index (Phi) is 4.20. The molecule has 0 aliphatic carbocycles. The fraction of sp³-hybridized carbons (Fsp3) is 0.357. The number of ether oxygens (including phenoxy) is 1. The van der Waals surface area contributed by atoms with E-state index in [1.807, 2.05) is 30.3 Å². The van der Waals surface area contributed by atoms with Crippen molar-refractivity contribution in [3.8, 4) is 5.75 Å². The zero-order chi connectivity index (χ0) is 14.8. The summed E-state index contributed by atoms with van der Waals surface area (Å²) < 4.78 is 27.9. The molecule has 0 aliphatic heterocycles. The van der Waals surface area contributed by atoms with Crippen LogP contribution in [-0.2, 0) is 9.05 Å². The van der Waals surface area contributed by atoms with Crippen molar-refractivity contribution >= 4 is 30.6 Å². The van der Waals surface area contributed by atoms with Crippen LogP contribution in [-0.4, -0.2) is 25.8 Å². The van der Waals surface area contributed by atoms with Crippen molar-refractivity contribution in [2.75, 3.05) is 12.4 Å². The zero-order valence-electron chi connectivity index (χ0n) is 11.3. The molecule has 0 spiro atoms. The number of aromatic nitrogens is 1. The lowest BCUT2D eigenvalue weighted by atomic mass is 9.98. The molecule has 1 heterocycles. The minimum Gasteiger partial charge on any atom is -0.493 e. The first kappa shape index (κ1) is 15.1. The highest BCUT2D eigenvalue weighted by Crippen LogP contribution is 2.24. The molecule has 0 N–H and O–H groups in total. The van der Waals surface area contributed by atoms with Gasteiger partial charge in [0, 0.05) is 33.7 Å². The quantitative estimate of drug-likeness (QED) is 0.795. The van der Waals surface area contributed by atoms with Crippen molar-refractivity contribution in [2.45, 2.75) is 13.8 Å². The van der Waals surface area contributed by atoms with Crippen LogP contribution < -0.4 is 4.74 Å². The molecule has 0 atom stereocenters. The van der Waals surface area contributed by atoms with Crippen LogP contribution in [0.1, 0.15) is 13.8 Å². The predicted molar refractivity (Wildman–Crippen MR) is 80.7 cm³/mol. The minimum absolute atomic E-state index is 0.132. The van der Waals surface area contributed by atoms with Gasteiger partial charge in [0.15, 0.2) is 0 Å². The number of benzene rings is 1. The van der Waals surface area contributed by atoms with Crippen molar-refractivity contribution in [2.24, 2.45) is 5.41 Å². The van der Waals surface area contributed by atoms with Gasteiger partial charge in [-0.05, 0) is 18.2 Å². The summed E-state index contributed by atoms with van der Waals surface area (Å²) in [7, 11) is 1.74. The second-order valence-electron chi connectivity index (χ2n) is 5.49. The molecule has 0 bridgehead atoms. The van der Waals surface area contributed by atoms with Gasteiger partial charge in [-0.25, -0.2) is 8.42 Å². The Morgan fingerprint density at radius 1 is 1.30 bits per heavy atom. The van der Waals surface area contributed by atoms with Gasteiger partial charge in [-0.1, -0.05) is 19.9 Å². The molecule has 20 heavy (non-hydrogen) atoms. The molecule has 6 heteroatoms. The van der Waals surface area contributed by atoms with Crippen molar-refractivity contribution in [3.63, 3.8) is 0 Å². The lowest BCUT2D eigenvalue weighted by Gasteiger charge is -2.23. The normalized spacial score (nSPS) is 12.6. The van der Waals surface area contributed by atoms with Gasteiger partial charge in [-0.3, -0.25) is 4.98 Å². The number of hydrogen-bond acceptors (Lipinski definition) is 4. The van der Waals surface area contributed by atoms with Crippen molar-refractivity contribution in [1.82, 2.24) is 4.98 Å². The number of pyridine rings is 1. The monoisotopic (exact) mass is 313 g/mol. The summed E-state index contributed by atoms with van der Waals surface area (Å²) in [6.07, 6.45) is 1.72. The maximum atomic E-state index is 11.1. The second-order valence-corrected chi connectivity index (χ2v) is 8.27. The Bertz CT molecular complexity index is 713. The molecule has 2 aromatic rings. The largest absolute Gasteiger partial charge is 0.493 e. The predicted octanol–water partition coefficient (Wildman–Crippen LogP) is 3.21. The molecule has 108 valence electrons. The molecule has 0 amide bonds. The van der Waals surface area contributed by atoms with Gasteiger partial charge >= 0.3 is 0 Å². The van der Waals surface area contributed by atoms with E-state index in [0.29, 0.717) is 5.75 Å². The molecule has 0 unspecified atom stereocenters. The standard InChI is InChI=1S/C14H16ClNO3S/c1-14(2,10-20(15,17)18)9-19-12-6-5-11-4-3-7-16-13(11)8-12/h3-8H,9-10H2,1-2H3. The molecule has 2 rings (SSSR count). The third kappa shape index (κ3) is 4.35. The van der Waals surface area contributed by atoms with Crippen LogP contribution in [0, 0.1) is 5.41 Å².